The molecule has 2 heterocycles. The van der Waals surface area contributed by atoms with E-state index in [2.05, 4.69) is 45.5 Å². The van der Waals surface area contributed by atoms with E-state index >= 15 is 0 Å². The lowest BCUT2D eigenvalue weighted by Crippen LogP contribution is -2.02. The van der Waals surface area contributed by atoms with Gasteiger partial charge in [0, 0.05) is 17.3 Å². The van der Waals surface area contributed by atoms with Crippen LogP contribution in [-0.2, 0) is 0 Å². The Hall–Kier alpha value is -3.72. The molecule has 0 radical (unpaired) electrons. The first-order valence-electron chi connectivity index (χ1n) is 7.78. The Bertz CT molecular complexity index is 1090. The summed E-state index contributed by atoms with van der Waals surface area (Å²) in [5.74, 6) is 1.28. The van der Waals surface area contributed by atoms with Gasteiger partial charge < -0.3 is 5.32 Å². The summed E-state index contributed by atoms with van der Waals surface area (Å²) in [5.41, 5.74) is 4.49. The van der Waals surface area contributed by atoms with Crippen LogP contribution in [-0.4, -0.2) is 19.6 Å². The highest BCUT2D eigenvalue weighted by atomic mass is 15.3. The summed E-state index contributed by atoms with van der Waals surface area (Å²) in [5, 5.41) is 16.5. The molecule has 0 saturated heterocycles. The van der Waals surface area contributed by atoms with E-state index in [1.54, 1.807) is 16.6 Å². The largest absolute Gasteiger partial charge is 0.340 e. The van der Waals surface area contributed by atoms with Gasteiger partial charge in [0.15, 0.2) is 0 Å². The molecule has 0 aliphatic heterocycles. The van der Waals surface area contributed by atoms with Crippen molar-refractivity contribution in [2.45, 2.75) is 6.92 Å². The van der Waals surface area contributed by atoms with Crippen LogP contribution in [0.4, 0.5) is 11.5 Å². The van der Waals surface area contributed by atoms with E-state index < -0.39 is 0 Å². The standard InChI is InChI=1S/C19H14N6/c1-13-3-2-4-15(9-13)17-10-18(25-19(24-17)21-12-22-25)23-16-7-5-14(11-20)6-8-16/h2-10,12,23H,1H3. The van der Waals surface area contributed by atoms with Gasteiger partial charge in [-0.05, 0) is 37.3 Å². The summed E-state index contributed by atoms with van der Waals surface area (Å²) >= 11 is 0. The molecule has 6 heteroatoms. The Morgan fingerprint density at radius 3 is 2.68 bits per heavy atom. The second kappa shape index (κ2) is 6.06. The molecular weight excluding hydrogens is 312 g/mol. The van der Waals surface area contributed by atoms with Gasteiger partial charge in [-0.2, -0.15) is 19.9 Å². The number of aromatic nitrogens is 4. The number of aryl methyl sites for hydroxylation is 1. The Kier molecular flexibility index (Phi) is 3.60. The van der Waals surface area contributed by atoms with E-state index in [9.17, 15) is 0 Å². The number of nitrogens with one attached hydrogen (secondary N) is 1. The van der Waals surface area contributed by atoms with Gasteiger partial charge in [-0.25, -0.2) is 4.98 Å². The molecule has 0 bridgehead atoms. The molecule has 4 aromatic rings. The first-order valence-corrected chi connectivity index (χ1v) is 7.78. The number of nitrogens with zero attached hydrogens (tertiary/aromatic N) is 5. The molecule has 2 aromatic carbocycles. The average molecular weight is 326 g/mol. The summed E-state index contributed by atoms with van der Waals surface area (Å²) in [6.45, 7) is 2.05. The van der Waals surface area contributed by atoms with Gasteiger partial charge in [0.1, 0.15) is 12.1 Å². The zero-order chi connectivity index (χ0) is 17.2. The van der Waals surface area contributed by atoms with E-state index in [0.717, 1.165) is 22.8 Å². The maximum atomic E-state index is 8.92. The highest BCUT2D eigenvalue weighted by Crippen LogP contribution is 2.24. The van der Waals surface area contributed by atoms with Crippen molar-refractivity contribution in [1.82, 2.24) is 19.6 Å². The molecule has 1 N–H and O–H groups in total. The normalized spacial score (nSPS) is 10.6. The van der Waals surface area contributed by atoms with Crippen molar-refractivity contribution in [2.24, 2.45) is 0 Å². The molecule has 120 valence electrons. The van der Waals surface area contributed by atoms with E-state index in [0.29, 0.717) is 11.3 Å². The van der Waals surface area contributed by atoms with Gasteiger partial charge in [-0.15, -0.1) is 0 Å². The lowest BCUT2D eigenvalue weighted by molar-refractivity contribution is 0.948. The molecule has 0 amide bonds. The third kappa shape index (κ3) is 2.91. The van der Waals surface area contributed by atoms with Gasteiger partial charge in [0.05, 0.1) is 17.3 Å². The van der Waals surface area contributed by atoms with Crippen LogP contribution in [0.2, 0.25) is 0 Å². The first kappa shape index (κ1) is 14.8. The van der Waals surface area contributed by atoms with Crippen LogP contribution in [0.25, 0.3) is 17.0 Å². The Morgan fingerprint density at radius 1 is 1.08 bits per heavy atom. The van der Waals surface area contributed by atoms with Crippen LogP contribution in [0.1, 0.15) is 11.1 Å². The van der Waals surface area contributed by atoms with E-state index in [4.69, 9.17) is 5.26 Å². The summed E-state index contributed by atoms with van der Waals surface area (Å²) in [6, 6.07) is 19.5. The maximum absolute atomic E-state index is 8.92. The van der Waals surface area contributed by atoms with E-state index in [1.165, 1.54) is 11.9 Å². The Balaban J connectivity index is 1.79. The van der Waals surface area contributed by atoms with Crippen molar-refractivity contribution in [3.8, 4) is 17.3 Å². The van der Waals surface area contributed by atoms with Crippen LogP contribution >= 0.6 is 0 Å². The number of rotatable bonds is 3. The molecule has 0 saturated carbocycles. The third-order valence-electron chi connectivity index (χ3n) is 3.85. The van der Waals surface area contributed by atoms with Crippen molar-refractivity contribution >= 4 is 17.3 Å². The van der Waals surface area contributed by atoms with Crippen LogP contribution in [0, 0.1) is 18.3 Å². The van der Waals surface area contributed by atoms with Crippen LogP contribution in [0.5, 0.6) is 0 Å². The second-order valence-electron chi connectivity index (χ2n) is 5.68. The quantitative estimate of drug-likeness (QED) is 0.621. The van der Waals surface area contributed by atoms with Gasteiger partial charge in [0.2, 0.25) is 0 Å². The molecule has 0 aliphatic carbocycles. The second-order valence-corrected chi connectivity index (χ2v) is 5.68. The fraction of sp³-hybridized carbons (Fsp3) is 0.0526. The Labute approximate surface area is 144 Å². The van der Waals surface area contributed by atoms with Gasteiger partial charge in [-0.1, -0.05) is 23.8 Å². The van der Waals surface area contributed by atoms with Gasteiger partial charge in [-0.3, -0.25) is 0 Å². The van der Waals surface area contributed by atoms with Gasteiger partial charge >= 0.3 is 0 Å². The summed E-state index contributed by atoms with van der Waals surface area (Å²) in [4.78, 5) is 8.80. The minimum absolute atomic E-state index is 0.523. The maximum Gasteiger partial charge on any atom is 0.254 e. The molecule has 0 atom stereocenters. The summed E-state index contributed by atoms with van der Waals surface area (Å²) < 4.78 is 1.65. The van der Waals surface area contributed by atoms with Crippen LogP contribution in [0.3, 0.4) is 0 Å². The van der Waals surface area contributed by atoms with Gasteiger partial charge in [0.25, 0.3) is 5.78 Å². The fourth-order valence-electron chi connectivity index (χ4n) is 2.63. The molecule has 4 rings (SSSR count). The smallest absolute Gasteiger partial charge is 0.254 e. The minimum Gasteiger partial charge on any atom is -0.340 e. The first-order chi connectivity index (χ1) is 12.2. The topological polar surface area (TPSA) is 78.9 Å². The lowest BCUT2D eigenvalue weighted by Gasteiger charge is -2.10. The minimum atomic E-state index is 0.523. The predicted molar refractivity (Wildman–Crippen MR) is 95.4 cm³/mol. The number of benzene rings is 2. The average Bonchev–Trinajstić information content (AvgIpc) is 3.11. The molecule has 0 aliphatic rings. The number of hydrogen-bond donors (Lipinski definition) is 1. The molecule has 2 aromatic heterocycles. The van der Waals surface area contributed by atoms with Crippen molar-refractivity contribution in [1.29, 1.82) is 5.26 Å². The number of anilines is 2. The Morgan fingerprint density at radius 2 is 1.92 bits per heavy atom. The molecule has 0 unspecified atom stereocenters. The highest BCUT2D eigenvalue weighted by molar-refractivity contribution is 5.68. The number of hydrogen-bond acceptors (Lipinski definition) is 5. The molecule has 0 fully saturated rings. The fourth-order valence-corrected chi connectivity index (χ4v) is 2.63. The summed E-state index contributed by atoms with van der Waals surface area (Å²) in [7, 11) is 0. The zero-order valence-corrected chi connectivity index (χ0v) is 13.5. The lowest BCUT2D eigenvalue weighted by atomic mass is 10.1. The van der Waals surface area contributed by atoms with Crippen LogP contribution < -0.4 is 5.32 Å². The highest BCUT2D eigenvalue weighted by Gasteiger charge is 2.10. The van der Waals surface area contributed by atoms with Crippen molar-refractivity contribution in [3.05, 3.63) is 72.1 Å². The van der Waals surface area contributed by atoms with E-state index in [-0.39, 0.29) is 0 Å². The van der Waals surface area contributed by atoms with Crippen molar-refractivity contribution < 1.29 is 0 Å². The summed E-state index contributed by atoms with van der Waals surface area (Å²) in [6.07, 6.45) is 1.48. The van der Waals surface area contributed by atoms with Crippen molar-refractivity contribution in [2.75, 3.05) is 5.32 Å². The predicted octanol–water partition coefficient (Wildman–Crippen LogP) is 3.72. The number of nitriles is 1. The number of fused-ring (bicyclic) bond motifs is 1. The molecular formula is C19H14N6. The molecule has 25 heavy (non-hydrogen) atoms. The van der Waals surface area contributed by atoms with E-state index in [1.807, 2.05) is 30.3 Å². The zero-order valence-electron chi connectivity index (χ0n) is 13.5. The SMILES string of the molecule is Cc1cccc(-c2cc(Nc3ccc(C#N)cc3)n3ncnc3n2)c1. The molecule has 6 nitrogen and oxygen atoms in total. The molecule has 0 spiro atoms. The van der Waals surface area contributed by atoms with Crippen LogP contribution in [0.15, 0.2) is 60.9 Å². The monoisotopic (exact) mass is 326 g/mol. The third-order valence-corrected chi connectivity index (χ3v) is 3.85. The van der Waals surface area contributed by atoms with Crippen molar-refractivity contribution in [3.63, 3.8) is 0 Å².